The Morgan fingerprint density at radius 1 is 0.683 bits per heavy atom. The highest BCUT2D eigenvalue weighted by Crippen LogP contribution is 2.50. The normalized spacial score (nSPS) is 18.7. The van der Waals surface area contributed by atoms with Crippen molar-refractivity contribution < 1.29 is 39.9 Å². The minimum atomic E-state index is -1.15. The van der Waals surface area contributed by atoms with Gasteiger partial charge in [0.05, 0.1) is 6.61 Å². The van der Waals surface area contributed by atoms with Gasteiger partial charge in [-0.05, 0) is 120 Å². The van der Waals surface area contributed by atoms with Gasteiger partial charge in [0.2, 0.25) is 0 Å². The average Bonchev–Trinajstić information content (AvgIpc) is 3.18. The average molecular weight is 821 g/mol. The predicted octanol–water partition coefficient (Wildman–Crippen LogP) is 12.8. The van der Waals surface area contributed by atoms with E-state index in [-0.39, 0.29) is 64.4 Å². The van der Waals surface area contributed by atoms with Crippen LogP contribution in [-0.4, -0.2) is 44.1 Å². The minimum absolute atomic E-state index is 0.0267. The lowest BCUT2D eigenvalue weighted by atomic mass is 9.73. The maximum absolute atomic E-state index is 13.2. The van der Waals surface area contributed by atoms with E-state index >= 15 is 0 Å². The van der Waals surface area contributed by atoms with Crippen LogP contribution in [0.5, 0.6) is 23.0 Å². The molecule has 5 rings (SSSR count). The lowest BCUT2D eigenvalue weighted by Crippen LogP contribution is -2.19. The molecule has 0 fully saturated rings. The number of allylic oxidation sites excluding steroid dienone is 6. The number of benzene rings is 3. The van der Waals surface area contributed by atoms with Crippen LogP contribution in [0.3, 0.4) is 0 Å². The number of carboxylic acids is 1. The fourth-order valence-electron chi connectivity index (χ4n) is 8.89. The molecular weight excluding hydrogens is 753 g/mol. The first-order valence-corrected chi connectivity index (χ1v) is 21.9. The van der Waals surface area contributed by atoms with Crippen molar-refractivity contribution in [2.75, 3.05) is 6.61 Å². The summed E-state index contributed by atoms with van der Waals surface area (Å²) in [6.45, 7) is 20.6. The van der Waals surface area contributed by atoms with E-state index < -0.39 is 11.9 Å². The van der Waals surface area contributed by atoms with Crippen molar-refractivity contribution in [1.29, 1.82) is 0 Å². The first-order valence-electron chi connectivity index (χ1n) is 21.9. The van der Waals surface area contributed by atoms with Crippen molar-refractivity contribution in [3.05, 3.63) is 129 Å². The van der Waals surface area contributed by atoms with Crippen LogP contribution in [0.1, 0.15) is 166 Å². The summed E-state index contributed by atoms with van der Waals surface area (Å²) in [5.41, 5.74) is 7.41. The first-order chi connectivity index (χ1) is 28.6. The summed E-state index contributed by atoms with van der Waals surface area (Å²) in [6.07, 6.45) is 15.3. The van der Waals surface area contributed by atoms with E-state index in [0.717, 1.165) is 80.9 Å². The molecule has 0 unspecified atom stereocenters. The second-order valence-electron chi connectivity index (χ2n) is 17.0. The molecule has 0 radical (unpaired) electrons. The maximum Gasteiger partial charge on any atom is 0.342 e. The van der Waals surface area contributed by atoms with E-state index in [1.54, 1.807) is 6.07 Å². The van der Waals surface area contributed by atoms with Crippen molar-refractivity contribution in [1.82, 2.24) is 0 Å². The number of carboxylic acid groups (broad SMARTS) is 1. The maximum atomic E-state index is 13.2. The Labute approximate surface area is 358 Å². The van der Waals surface area contributed by atoms with Gasteiger partial charge in [0.25, 0.3) is 0 Å². The molecule has 0 amide bonds. The number of carbonyl (C=O) groups excluding carboxylic acids is 1. The number of ether oxygens (including phenoxy) is 1. The molecule has 3 aromatic carbocycles. The molecule has 0 spiro atoms. The molecule has 8 heteroatoms. The largest absolute Gasteiger partial charge is 0.507 e. The molecule has 4 atom stereocenters. The van der Waals surface area contributed by atoms with Gasteiger partial charge in [-0.1, -0.05) is 117 Å². The fraction of sp³-hybridized carbons (Fsp3) is 0.462. The van der Waals surface area contributed by atoms with Gasteiger partial charge in [0.15, 0.2) is 0 Å². The summed E-state index contributed by atoms with van der Waals surface area (Å²) in [4.78, 5) is 25.1. The van der Waals surface area contributed by atoms with Crippen molar-refractivity contribution in [2.24, 2.45) is 11.8 Å². The number of hydrogen-bond donors (Lipinski definition) is 5. The zero-order valence-corrected chi connectivity index (χ0v) is 36.8. The molecule has 8 nitrogen and oxygen atoms in total. The van der Waals surface area contributed by atoms with Crippen molar-refractivity contribution in [3.63, 3.8) is 0 Å². The van der Waals surface area contributed by atoms with Crippen LogP contribution in [0.2, 0.25) is 0 Å². The number of unbranched alkanes of at least 4 members (excludes halogenated alkanes) is 4. The first kappa shape index (κ1) is 47.4. The summed E-state index contributed by atoms with van der Waals surface area (Å²) < 4.78 is 5.62. The topological polar surface area (TPSA) is 145 Å². The van der Waals surface area contributed by atoms with Gasteiger partial charge in [0, 0.05) is 29.4 Å². The van der Waals surface area contributed by atoms with Gasteiger partial charge in [-0.3, -0.25) is 0 Å². The van der Waals surface area contributed by atoms with Crippen molar-refractivity contribution >= 4 is 11.9 Å². The summed E-state index contributed by atoms with van der Waals surface area (Å²) in [7, 11) is 0. The zero-order chi connectivity index (χ0) is 44.1. The van der Waals surface area contributed by atoms with Crippen LogP contribution in [0.25, 0.3) is 0 Å². The van der Waals surface area contributed by atoms with Crippen molar-refractivity contribution in [3.8, 4) is 23.0 Å². The van der Waals surface area contributed by atoms with Gasteiger partial charge < -0.3 is 30.3 Å². The number of aromatic hydroxyl groups is 4. The molecule has 0 saturated heterocycles. The second kappa shape index (κ2) is 22.4. The molecule has 60 heavy (non-hydrogen) atoms. The summed E-state index contributed by atoms with van der Waals surface area (Å²) in [6, 6.07) is 13.0. The molecule has 0 heterocycles. The molecule has 0 bridgehead atoms. The number of esters is 1. The highest BCUT2D eigenvalue weighted by Gasteiger charge is 2.35. The monoisotopic (exact) mass is 820 g/mol. The Hall–Kier alpha value is -5.24. The number of aromatic carboxylic acids is 1. The van der Waals surface area contributed by atoms with Gasteiger partial charge in [-0.15, -0.1) is 0 Å². The molecule has 5 N–H and O–H groups in total. The number of aryl methyl sites for hydroxylation is 2. The van der Waals surface area contributed by atoms with Crippen LogP contribution in [-0.2, 0) is 24.0 Å². The number of hydrogen-bond acceptors (Lipinski definition) is 7. The van der Waals surface area contributed by atoms with Crippen LogP contribution >= 0.6 is 0 Å². The van der Waals surface area contributed by atoms with Gasteiger partial charge >= 0.3 is 11.9 Å². The molecule has 2 aliphatic rings. The standard InChI is InChI=1S/C30H38O4.C22H30O4/c1-5-6-8-13-23-19-26(31)28(25-18-21(4)14-15-24(25)20(2)3)29(32)27(23)30(33)34-17-16-22-11-9-7-10-12-22;1-5-6-7-8-15-12-18(23)20(21(24)19(15)22(25)26)17-11-14(4)9-10-16(17)13(2)3/h7,9-12,18-19,24-25,31-32H,2,5-6,8,13-17H2,1,3-4H3;11-12,16-17,23-24H,2,5-10H2,1,3-4H3,(H,25,26)/t24-,25+;16-,17+/m00/s1. The van der Waals surface area contributed by atoms with E-state index in [1.807, 2.05) is 57.2 Å². The smallest absolute Gasteiger partial charge is 0.342 e. The summed E-state index contributed by atoms with van der Waals surface area (Å²) >= 11 is 0. The molecule has 324 valence electrons. The SMILES string of the molecule is C=C(C)[C@@H]1CCC(C)=C[C@H]1c1c(O)cc(CCCCC)c(C(=O)O)c1O.C=C(C)[C@@H]1CCC(C)=C[C@H]1c1c(O)cc(CCCCC)c(C(=O)OCCc2ccccc2)c1O. The van der Waals surface area contributed by atoms with Gasteiger partial charge in [-0.25, -0.2) is 9.59 Å². The van der Waals surface area contributed by atoms with E-state index in [2.05, 4.69) is 40.0 Å². The number of rotatable bonds is 17. The highest BCUT2D eigenvalue weighted by atomic mass is 16.5. The Bertz CT molecular complexity index is 2060. The van der Waals surface area contributed by atoms with E-state index in [1.165, 1.54) is 17.2 Å². The van der Waals surface area contributed by atoms with Crippen LogP contribution in [0, 0.1) is 11.8 Å². The molecule has 0 aromatic heterocycles. The van der Waals surface area contributed by atoms with Crippen molar-refractivity contribution in [2.45, 2.75) is 137 Å². The second-order valence-corrected chi connectivity index (χ2v) is 17.0. The minimum Gasteiger partial charge on any atom is -0.507 e. The van der Waals surface area contributed by atoms with E-state index in [9.17, 15) is 35.1 Å². The Kier molecular flexibility index (Phi) is 17.7. The van der Waals surface area contributed by atoms with Gasteiger partial charge in [0.1, 0.15) is 34.1 Å². The Morgan fingerprint density at radius 3 is 1.57 bits per heavy atom. The van der Waals surface area contributed by atoms with Crippen LogP contribution in [0.15, 0.2) is 90.1 Å². The van der Waals surface area contributed by atoms with Crippen LogP contribution in [0.4, 0.5) is 0 Å². The van der Waals surface area contributed by atoms with Crippen LogP contribution < -0.4 is 0 Å². The number of carbonyl (C=O) groups is 2. The molecule has 0 aliphatic heterocycles. The highest BCUT2D eigenvalue weighted by molar-refractivity contribution is 5.95. The lowest BCUT2D eigenvalue weighted by molar-refractivity contribution is 0.0503. The third-order valence-electron chi connectivity index (χ3n) is 12.2. The predicted molar refractivity (Wildman–Crippen MR) is 241 cm³/mol. The number of phenols is 4. The molecule has 3 aromatic rings. The summed E-state index contributed by atoms with van der Waals surface area (Å²) in [5.74, 6) is -2.46. The number of phenolic OH excluding ortho intramolecular Hbond substituents is 3. The Morgan fingerprint density at radius 2 is 1.13 bits per heavy atom. The van der Waals surface area contributed by atoms with E-state index in [0.29, 0.717) is 41.5 Å². The third-order valence-corrected chi connectivity index (χ3v) is 12.2. The molecule has 2 aliphatic carbocycles. The zero-order valence-electron chi connectivity index (χ0n) is 36.8. The summed E-state index contributed by atoms with van der Waals surface area (Å²) in [5, 5.41) is 53.6. The lowest BCUT2D eigenvalue weighted by Gasteiger charge is -2.32. The third kappa shape index (κ3) is 11.9. The molecular formula is C52H68O8. The Balaban J connectivity index is 0.000000275. The quantitative estimate of drug-likeness (QED) is 0.0514. The molecule has 0 saturated carbocycles. The van der Waals surface area contributed by atoms with Gasteiger partial charge in [-0.2, -0.15) is 0 Å². The van der Waals surface area contributed by atoms with E-state index in [4.69, 9.17) is 4.74 Å². The fourth-order valence-corrected chi connectivity index (χ4v) is 8.89.